The van der Waals surface area contributed by atoms with Crippen molar-refractivity contribution in [1.82, 2.24) is 10.2 Å². The smallest absolute Gasteiger partial charge is 0.234 e. The predicted molar refractivity (Wildman–Crippen MR) is 117 cm³/mol. The van der Waals surface area contributed by atoms with Gasteiger partial charge in [0.1, 0.15) is 10.8 Å². The van der Waals surface area contributed by atoms with Crippen LogP contribution in [0.5, 0.6) is 11.5 Å². The second-order valence-electron chi connectivity index (χ2n) is 6.55. The van der Waals surface area contributed by atoms with Gasteiger partial charge in [0, 0.05) is 17.3 Å². The third kappa shape index (κ3) is 4.95. The number of benzene rings is 2. The topological polar surface area (TPSA) is 85.4 Å². The minimum Gasteiger partial charge on any atom is -0.454 e. The number of nitrogens with one attached hydrogen (secondary N) is 2. The van der Waals surface area contributed by atoms with E-state index in [2.05, 4.69) is 20.8 Å². The normalized spacial score (nSPS) is 11.9. The third-order valence-corrected chi connectivity index (χ3v) is 5.77. The molecular weight excluding hydrogens is 424 g/mol. The van der Waals surface area contributed by atoms with E-state index in [1.165, 1.54) is 11.8 Å². The highest BCUT2D eigenvalue weighted by molar-refractivity contribution is 7.99. The lowest BCUT2D eigenvalue weighted by atomic mass is 10.2. The first kappa shape index (κ1) is 20.3. The molecule has 1 aromatic heterocycles. The SMILES string of the molecule is Cc1c(Cl)cccc1NC(=O)CSc1ccc(NCc2ccc3c(c2)OCO3)nn1. The predicted octanol–water partition coefficient (Wildman–Crippen LogP) is 4.51. The molecular formula is C21H19ClN4O3S. The fourth-order valence-electron chi connectivity index (χ4n) is 2.80. The van der Waals surface area contributed by atoms with Gasteiger partial charge in [-0.15, -0.1) is 10.2 Å². The van der Waals surface area contributed by atoms with Crippen molar-refractivity contribution in [3.63, 3.8) is 0 Å². The molecule has 4 rings (SSSR count). The summed E-state index contributed by atoms with van der Waals surface area (Å²) in [7, 11) is 0. The summed E-state index contributed by atoms with van der Waals surface area (Å²) in [4.78, 5) is 12.2. The molecule has 2 heterocycles. The molecule has 0 atom stereocenters. The summed E-state index contributed by atoms with van der Waals surface area (Å²) in [6.45, 7) is 2.71. The molecule has 154 valence electrons. The molecule has 7 nitrogen and oxygen atoms in total. The average Bonchev–Trinajstić information content (AvgIpc) is 3.23. The van der Waals surface area contributed by atoms with Gasteiger partial charge in [0.05, 0.1) is 5.75 Å². The lowest BCUT2D eigenvalue weighted by molar-refractivity contribution is -0.113. The maximum Gasteiger partial charge on any atom is 0.234 e. The maximum atomic E-state index is 12.2. The van der Waals surface area contributed by atoms with E-state index in [-0.39, 0.29) is 18.5 Å². The van der Waals surface area contributed by atoms with Gasteiger partial charge in [-0.3, -0.25) is 4.79 Å². The van der Waals surface area contributed by atoms with Crippen molar-refractivity contribution in [3.05, 3.63) is 64.7 Å². The first-order valence-electron chi connectivity index (χ1n) is 9.22. The zero-order valence-corrected chi connectivity index (χ0v) is 17.7. The third-order valence-electron chi connectivity index (χ3n) is 4.44. The van der Waals surface area contributed by atoms with Crippen LogP contribution in [0.2, 0.25) is 5.02 Å². The van der Waals surface area contributed by atoms with Crippen molar-refractivity contribution in [1.29, 1.82) is 0 Å². The number of ether oxygens (including phenoxy) is 2. The number of halogens is 1. The number of thioether (sulfide) groups is 1. The van der Waals surface area contributed by atoms with Gasteiger partial charge in [0.25, 0.3) is 0 Å². The Balaban J connectivity index is 1.26. The molecule has 3 aromatic rings. The van der Waals surface area contributed by atoms with Gasteiger partial charge in [-0.05, 0) is 54.4 Å². The largest absolute Gasteiger partial charge is 0.454 e. The number of hydrogen-bond acceptors (Lipinski definition) is 7. The Hall–Kier alpha value is -2.97. The highest BCUT2D eigenvalue weighted by Gasteiger charge is 2.13. The molecule has 1 aliphatic rings. The van der Waals surface area contributed by atoms with Gasteiger partial charge in [-0.1, -0.05) is 35.5 Å². The summed E-state index contributed by atoms with van der Waals surface area (Å²) in [5.74, 6) is 2.26. The van der Waals surface area contributed by atoms with Crippen molar-refractivity contribution in [2.75, 3.05) is 23.2 Å². The van der Waals surface area contributed by atoms with Crippen LogP contribution < -0.4 is 20.1 Å². The van der Waals surface area contributed by atoms with Crippen molar-refractivity contribution in [2.45, 2.75) is 18.5 Å². The lowest BCUT2D eigenvalue weighted by Crippen LogP contribution is -2.15. The first-order valence-corrected chi connectivity index (χ1v) is 10.6. The van der Waals surface area contributed by atoms with E-state index >= 15 is 0 Å². The average molecular weight is 443 g/mol. The maximum absolute atomic E-state index is 12.2. The molecule has 0 saturated carbocycles. The summed E-state index contributed by atoms with van der Waals surface area (Å²) >= 11 is 7.40. The van der Waals surface area contributed by atoms with E-state index < -0.39 is 0 Å². The summed E-state index contributed by atoms with van der Waals surface area (Å²) in [5, 5.41) is 15.7. The minimum absolute atomic E-state index is 0.128. The van der Waals surface area contributed by atoms with Crippen LogP contribution in [0, 0.1) is 6.92 Å². The first-order chi connectivity index (χ1) is 14.6. The quantitative estimate of drug-likeness (QED) is 0.520. The van der Waals surface area contributed by atoms with E-state index in [1.54, 1.807) is 12.1 Å². The van der Waals surface area contributed by atoms with Crippen LogP contribution in [0.3, 0.4) is 0 Å². The van der Waals surface area contributed by atoms with Gasteiger partial charge in [0.15, 0.2) is 11.5 Å². The number of nitrogens with zero attached hydrogens (tertiary/aromatic N) is 2. The van der Waals surface area contributed by atoms with E-state index in [0.29, 0.717) is 28.1 Å². The van der Waals surface area contributed by atoms with Crippen LogP contribution >= 0.6 is 23.4 Å². The zero-order chi connectivity index (χ0) is 20.9. The monoisotopic (exact) mass is 442 g/mol. The number of carbonyl (C=O) groups excluding carboxylic acids is 1. The highest BCUT2D eigenvalue weighted by Crippen LogP contribution is 2.32. The van der Waals surface area contributed by atoms with Crippen molar-refractivity contribution >= 4 is 40.8 Å². The summed E-state index contributed by atoms with van der Waals surface area (Å²) in [6, 6.07) is 14.9. The molecule has 0 spiro atoms. The van der Waals surface area contributed by atoms with Crippen LogP contribution in [0.1, 0.15) is 11.1 Å². The highest BCUT2D eigenvalue weighted by atomic mass is 35.5. The van der Waals surface area contributed by atoms with Gasteiger partial charge in [-0.25, -0.2) is 0 Å². The van der Waals surface area contributed by atoms with Crippen LogP contribution in [-0.4, -0.2) is 28.7 Å². The molecule has 0 bridgehead atoms. The fourth-order valence-corrected chi connectivity index (χ4v) is 3.59. The number of anilines is 2. The number of carbonyl (C=O) groups is 1. The van der Waals surface area contributed by atoms with E-state index in [9.17, 15) is 4.79 Å². The lowest BCUT2D eigenvalue weighted by Gasteiger charge is -2.09. The van der Waals surface area contributed by atoms with Gasteiger partial charge in [0.2, 0.25) is 12.7 Å². The summed E-state index contributed by atoms with van der Waals surface area (Å²) in [5.41, 5.74) is 2.60. The minimum atomic E-state index is -0.128. The molecule has 0 fully saturated rings. The van der Waals surface area contributed by atoms with Crippen molar-refractivity contribution in [3.8, 4) is 11.5 Å². The number of aromatic nitrogens is 2. The van der Waals surface area contributed by atoms with Crippen LogP contribution in [0.4, 0.5) is 11.5 Å². The molecule has 0 saturated heterocycles. The van der Waals surface area contributed by atoms with Gasteiger partial charge in [-0.2, -0.15) is 0 Å². The Bertz CT molecular complexity index is 1060. The van der Waals surface area contributed by atoms with Crippen molar-refractivity contribution < 1.29 is 14.3 Å². The molecule has 2 aromatic carbocycles. The molecule has 1 amide bonds. The van der Waals surface area contributed by atoms with Crippen LogP contribution in [0.25, 0.3) is 0 Å². The standard InChI is InChI=1S/C21H19ClN4O3S/c1-13-15(22)3-2-4-16(13)24-20(27)11-30-21-8-7-19(25-26-21)23-10-14-5-6-17-18(9-14)29-12-28-17/h2-9H,10-12H2,1H3,(H,23,25)(H,24,27). The molecule has 2 N–H and O–H groups in total. The Morgan fingerprint density at radius 1 is 1.13 bits per heavy atom. The van der Waals surface area contributed by atoms with Gasteiger partial charge < -0.3 is 20.1 Å². The molecule has 0 unspecified atom stereocenters. The fraction of sp³-hybridized carbons (Fsp3) is 0.190. The number of amides is 1. The van der Waals surface area contributed by atoms with E-state index in [4.69, 9.17) is 21.1 Å². The summed E-state index contributed by atoms with van der Waals surface area (Å²) < 4.78 is 10.7. The molecule has 30 heavy (non-hydrogen) atoms. The Kier molecular flexibility index (Phi) is 6.25. The number of hydrogen-bond donors (Lipinski definition) is 2. The van der Waals surface area contributed by atoms with E-state index in [0.717, 1.165) is 22.6 Å². The van der Waals surface area contributed by atoms with Crippen molar-refractivity contribution in [2.24, 2.45) is 0 Å². The number of fused-ring (bicyclic) bond motifs is 1. The Morgan fingerprint density at radius 2 is 2.00 bits per heavy atom. The molecule has 0 aliphatic carbocycles. The Labute approximate surface area is 183 Å². The zero-order valence-electron chi connectivity index (χ0n) is 16.1. The van der Waals surface area contributed by atoms with E-state index in [1.807, 2.05) is 43.3 Å². The Morgan fingerprint density at radius 3 is 2.83 bits per heavy atom. The molecule has 0 radical (unpaired) electrons. The molecule has 9 heteroatoms. The van der Waals surface area contributed by atoms with Crippen LogP contribution in [-0.2, 0) is 11.3 Å². The number of rotatable bonds is 7. The summed E-state index contributed by atoms with van der Waals surface area (Å²) in [6.07, 6.45) is 0. The van der Waals surface area contributed by atoms with Gasteiger partial charge >= 0.3 is 0 Å². The second-order valence-corrected chi connectivity index (χ2v) is 7.95. The molecule has 1 aliphatic heterocycles. The van der Waals surface area contributed by atoms with Crippen LogP contribution in [0.15, 0.2) is 53.6 Å². The second kappa shape index (κ2) is 9.23.